The Morgan fingerprint density at radius 3 is 2.57 bits per heavy atom. The fourth-order valence-corrected chi connectivity index (χ4v) is 2.54. The first kappa shape index (κ1) is 21.3. The molecule has 2 N–H and O–H groups in total. The molecule has 0 fully saturated rings. The molecule has 0 saturated heterocycles. The predicted molar refractivity (Wildman–Crippen MR) is 110 cm³/mol. The van der Waals surface area contributed by atoms with E-state index in [1.165, 1.54) is 5.56 Å². The standard InChI is InChI=1S/C22H28N2O4/c1-16-10-11-17(2)20(13-16)27-12-5-4-9-21(25)24-18-7-6-8-19(14-18)28-15-22(26)23-3/h6-8,10-11,13-14H,4-5,9,12,15H2,1-3H3,(H,23,26)(H,24,25). The number of hydrogen-bond acceptors (Lipinski definition) is 4. The van der Waals surface area contributed by atoms with Crippen molar-refractivity contribution >= 4 is 17.5 Å². The highest BCUT2D eigenvalue weighted by molar-refractivity contribution is 5.90. The topological polar surface area (TPSA) is 76.7 Å². The van der Waals surface area contributed by atoms with Crippen LogP contribution >= 0.6 is 0 Å². The summed E-state index contributed by atoms with van der Waals surface area (Å²) < 4.78 is 11.2. The van der Waals surface area contributed by atoms with Crippen LogP contribution < -0.4 is 20.1 Å². The summed E-state index contributed by atoms with van der Waals surface area (Å²) in [6, 6.07) is 13.1. The Morgan fingerprint density at radius 2 is 1.79 bits per heavy atom. The molecule has 0 aromatic heterocycles. The van der Waals surface area contributed by atoms with Crippen LogP contribution in [0.25, 0.3) is 0 Å². The number of likely N-dealkylation sites (N-methyl/N-ethyl adjacent to an activating group) is 1. The summed E-state index contributed by atoms with van der Waals surface area (Å²) >= 11 is 0. The maximum atomic E-state index is 12.1. The van der Waals surface area contributed by atoms with Crippen molar-refractivity contribution < 1.29 is 19.1 Å². The Labute approximate surface area is 166 Å². The highest BCUT2D eigenvalue weighted by Gasteiger charge is 2.06. The number of amides is 2. The van der Waals surface area contributed by atoms with E-state index in [0.29, 0.717) is 24.5 Å². The van der Waals surface area contributed by atoms with Crippen molar-refractivity contribution in [3.63, 3.8) is 0 Å². The molecule has 2 aromatic rings. The van der Waals surface area contributed by atoms with Crippen molar-refractivity contribution in [2.45, 2.75) is 33.1 Å². The number of nitrogens with one attached hydrogen (secondary N) is 2. The summed E-state index contributed by atoms with van der Waals surface area (Å²) in [6.07, 6.45) is 1.96. The average molecular weight is 384 g/mol. The van der Waals surface area contributed by atoms with Crippen LogP contribution in [0.5, 0.6) is 11.5 Å². The molecule has 150 valence electrons. The Hall–Kier alpha value is -3.02. The van der Waals surface area contributed by atoms with Gasteiger partial charge in [-0.15, -0.1) is 0 Å². The van der Waals surface area contributed by atoms with E-state index in [9.17, 15) is 9.59 Å². The van der Waals surface area contributed by atoms with E-state index in [-0.39, 0.29) is 18.4 Å². The number of ether oxygens (including phenoxy) is 2. The van der Waals surface area contributed by atoms with Crippen LogP contribution in [0, 0.1) is 13.8 Å². The number of anilines is 1. The second kappa shape index (κ2) is 11.0. The zero-order valence-electron chi connectivity index (χ0n) is 16.7. The SMILES string of the molecule is CNC(=O)COc1cccc(NC(=O)CCCCOc2cc(C)ccc2C)c1. The summed E-state index contributed by atoms with van der Waals surface area (Å²) in [7, 11) is 1.55. The van der Waals surface area contributed by atoms with Gasteiger partial charge in [0.15, 0.2) is 6.61 Å². The van der Waals surface area contributed by atoms with E-state index < -0.39 is 0 Å². The van der Waals surface area contributed by atoms with Gasteiger partial charge in [0, 0.05) is 25.2 Å². The largest absolute Gasteiger partial charge is 0.493 e. The minimum absolute atomic E-state index is 0.0600. The molecule has 0 spiro atoms. The summed E-state index contributed by atoms with van der Waals surface area (Å²) in [4.78, 5) is 23.3. The van der Waals surface area contributed by atoms with Crippen molar-refractivity contribution in [3.05, 3.63) is 53.6 Å². The molecular weight excluding hydrogens is 356 g/mol. The van der Waals surface area contributed by atoms with Gasteiger partial charge >= 0.3 is 0 Å². The van der Waals surface area contributed by atoms with Crippen LogP contribution in [-0.4, -0.2) is 32.1 Å². The lowest BCUT2D eigenvalue weighted by molar-refractivity contribution is -0.122. The van der Waals surface area contributed by atoms with Gasteiger partial charge in [0.2, 0.25) is 5.91 Å². The Bertz CT molecular complexity index is 805. The minimum Gasteiger partial charge on any atom is -0.493 e. The van der Waals surface area contributed by atoms with Crippen molar-refractivity contribution in [1.82, 2.24) is 5.32 Å². The Morgan fingerprint density at radius 1 is 0.964 bits per heavy atom. The number of benzene rings is 2. The zero-order chi connectivity index (χ0) is 20.4. The van der Waals surface area contributed by atoms with E-state index in [1.54, 1.807) is 31.3 Å². The molecule has 2 aromatic carbocycles. The maximum absolute atomic E-state index is 12.1. The highest BCUT2D eigenvalue weighted by Crippen LogP contribution is 2.20. The summed E-state index contributed by atoms with van der Waals surface area (Å²) in [5, 5.41) is 5.34. The van der Waals surface area contributed by atoms with Gasteiger partial charge in [0.25, 0.3) is 5.91 Å². The normalized spacial score (nSPS) is 10.2. The summed E-state index contributed by atoms with van der Waals surface area (Å²) in [5.74, 6) is 1.16. The van der Waals surface area contributed by atoms with Crippen molar-refractivity contribution in [2.75, 3.05) is 25.6 Å². The molecule has 28 heavy (non-hydrogen) atoms. The van der Waals surface area contributed by atoms with Crippen LogP contribution in [0.3, 0.4) is 0 Å². The van der Waals surface area contributed by atoms with Gasteiger partial charge < -0.3 is 20.1 Å². The monoisotopic (exact) mass is 384 g/mol. The third-order valence-electron chi connectivity index (χ3n) is 4.17. The van der Waals surface area contributed by atoms with Crippen LogP contribution in [0.15, 0.2) is 42.5 Å². The Balaban J connectivity index is 1.69. The average Bonchev–Trinajstić information content (AvgIpc) is 2.68. The van der Waals surface area contributed by atoms with Gasteiger partial charge in [0.05, 0.1) is 6.61 Å². The van der Waals surface area contributed by atoms with Gasteiger partial charge in [-0.25, -0.2) is 0 Å². The van der Waals surface area contributed by atoms with Crippen LogP contribution in [0.4, 0.5) is 5.69 Å². The molecular formula is C22H28N2O4. The quantitative estimate of drug-likeness (QED) is 0.614. The smallest absolute Gasteiger partial charge is 0.257 e. The third kappa shape index (κ3) is 7.31. The first-order valence-corrected chi connectivity index (χ1v) is 9.41. The number of carbonyl (C=O) groups is 2. The highest BCUT2D eigenvalue weighted by atomic mass is 16.5. The summed E-state index contributed by atoms with van der Waals surface area (Å²) in [6.45, 7) is 4.58. The van der Waals surface area contributed by atoms with E-state index in [1.807, 2.05) is 26.0 Å². The van der Waals surface area contributed by atoms with Crippen LogP contribution in [0.2, 0.25) is 0 Å². The van der Waals surface area contributed by atoms with E-state index in [2.05, 4.69) is 16.7 Å². The Kier molecular flexibility index (Phi) is 8.34. The van der Waals surface area contributed by atoms with Gasteiger partial charge in [0.1, 0.15) is 11.5 Å². The van der Waals surface area contributed by atoms with Crippen molar-refractivity contribution in [2.24, 2.45) is 0 Å². The molecule has 2 amide bonds. The maximum Gasteiger partial charge on any atom is 0.257 e. The van der Waals surface area contributed by atoms with E-state index >= 15 is 0 Å². The molecule has 0 aliphatic carbocycles. The molecule has 0 unspecified atom stereocenters. The van der Waals surface area contributed by atoms with Crippen molar-refractivity contribution in [1.29, 1.82) is 0 Å². The number of rotatable bonds is 10. The number of carbonyl (C=O) groups excluding carboxylic acids is 2. The molecule has 0 aliphatic heterocycles. The fraction of sp³-hybridized carbons (Fsp3) is 0.364. The van der Waals surface area contributed by atoms with Gasteiger partial charge in [-0.2, -0.15) is 0 Å². The first-order valence-electron chi connectivity index (χ1n) is 9.41. The zero-order valence-corrected chi connectivity index (χ0v) is 16.7. The minimum atomic E-state index is -0.211. The van der Waals surface area contributed by atoms with E-state index in [4.69, 9.17) is 9.47 Å². The van der Waals surface area contributed by atoms with Gasteiger partial charge in [-0.05, 0) is 56.0 Å². The molecule has 0 heterocycles. The van der Waals surface area contributed by atoms with Crippen LogP contribution in [-0.2, 0) is 9.59 Å². The molecule has 2 rings (SSSR count). The third-order valence-corrected chi connectivity index (χ3v) is 4.17. The molecule has 0 atom stereocenters. The predicted octanol–water partition coefficient (Wildman–Crippen LogP) is 3.62. The second-order valence-electron chi connectivity index (χ2n) is 6.61. The van der Waals surface area contributed by atoms with Gasteiger partial charge in [-0.1, -0.05) is 18.2 Å². The molecule has 0 aliphatic rings. The number of unbranched alkanes of at least 4 members (excludes halogenated alkanes) is 1. The molecule has 6 heteroatoms. The van der Waals surface area contributed by atoms with E-state index in [0.717, 1.165) is 24.2 Å². The molecule has 0 radical (unpaired) electrons. The number of hydrogen-bond donors (Lipinski definition) is 2. The first-order chi connectivity index (χ1) is 13.5. The van der Waals surface area contributed by atoms with Gasteiger partial charge in [-0.3, -0.25) is 9.59 Å². The molecule has 0 bridgehead atoms. The molecule has 6 nitrogen and oxygen atoms in total. The lowest BCUT2D eigenvalue weighted by Gasteiger charge is -2.10. The second-order valence-corrected chi connectivity index (χ2v) is 6.61. The lowest BCUT2D eigenvalue weighted by atomic mass is 10.1. The van der Waals surface area contributed by atoms with Crippen LogP contribution in [0.1, 0.15) is 30.4 Å². The summed E-state index contributed by atoms with van der Waals surface area (Å²) in [5.41, 5.74) is 2.93. The number of aryl methyl sites for hydroxylation is 2. The van der Waals surface area contributed by atoms with Crippen molar-refractivity contribution in [3.8, 4) is 11.5 Å². The molecule has 0 saturated carbocycles. The fourth-order valence-electron chi connectivity index (χ4n) is 2.54. The lowest BCUT2D eigenvalue weighted by Crippen LogP contribution is -2.24.